The van der Waals surface area contributed by atoms with Crippen LogP contribution in [-0.2, 0) is 11.2 Å². The Labute approximate surface area is 195 Å². The molecule has 1 aromatic carbocycles. The number of carbonyl (C=O) groups excluding carboxylic acids is 1. The maximum absolute atomic E-state index is 12.4. The summed E-state index contributed by atoms with van der Waals surface area (Å²) >= 11 is 0. The molecule has 4 fully saturated rings. The van der Waals surface area contributed by atoms with Gasteiger partial charge in [0.2, 0.25) is 0 Å². The number of hydrogen-bond acceptors (Lipinski definition) is 2. The molecule has 176 valence electrons. The minimum absolute atomic E-state index is 0.253. The van der Waals surface area contributed by atoms with Crippen molar-refractivity contribution >= 4 is 5.78 Å². The third-order valence-electron chi connectivity index (χ3n) is 11.3. The quantitative estimate of drug-likeness (QED) is 0.540. The van der Waals surface area contributed by atoms with Gasteiger partial charge in [-0.25, -0.2) is 0 Å². The number of carbonyl (C=O) groups is 1. The molecule has 0 bridgehead atoms. The van der Waals surface area contributed by atoms with Gasteiger partial charge in [0.1, 0.15) is 5.78 Å². The van der Waals surface area contributed by atoms with Gasteiger partial charge in [-0.05, 0) is 124 Å². The molecule has 0 amide bonds. The van der Waals surface area contributed by atoms with Crippen molar-refractivity contribution in [3.63, 3.8) is 0 Å². The molecule has 0 spiro atoms. The van der Waals surface area contributed by atoms with Crippen molar-refractivity contribution in [2.24, 2.45) is 40.4 Å². The number of aliphatic hydroxyl groups is 1. The van der Waals surface area contributed by atoms with Crippen LogP contribution >= 0.6 is 0 Å². The average molecular weight is 437 g/mol. The summed E-state index contributed by atoms with van der Waals surface area (Å²) in [5, 5.41) is 11.5. The lowest BCUT2D eigenvalue weighted by atomic mass is 9.43. The first kappa shape index (κ1) is 22.6. The van der Waals surface area contributed by atoms with Crippen molar-refractivity contribution in [2.75, 3.05) is 0 Å². The lowest BCUT2D eigenvalue weighted by Crippen LogP contribution is -2.56. The van der Waals surface area contributed by atoms with Crippen LogP contribution in [0.1, 0.15) is 97.0 Å². The first-order valence-electron chi connectivity index (χ1n) is 13.5. The van der Waals surface area contributed by atoms with Crippen LogP contribution < -0.4 is 0 Å². The van der Waals surface area contributed by atoms with Gasteiger partial charge in [0.25, 0.3) is 0 Å². The number of benzene rings is 1. The van der Waals surface area contributed by atoms with E-state index in [0.29, 0.717) is 23.0 Å². The van der Waals surface area contributed by atoms with Crippen molar-refractivity contribution in [3.05, 3.63) is 35.9 Å². The Hall–Kier alpha value is -1.15. The Kier molecular flexibility index (Phi) is 5.84. The Morgan fingerprint density at radius 3 is 2.44 bits per heavy atom. The van der Waals surface area contributed by atoms with Crippen LogP contribution in [0.15, 0.2) is 30.3 Å². The number of rotatable bonds is 5. The highest BCUT2D eigenvalue weighted by molar-refractivity contribution is 5.79. The average Bonchev–Trinajstić information content (AvgIpc) is 3.13. The van der Waals surface area contributed by atoms with Gasteiger partial charge in [0, 0.05) is 5.92 Å². The molecule has 2 nitrogen and oxygen atoms in total. The highest BCUT2D eigenvalue weighted by Crippen LogP contribution is 2.68. The lowest BCUT2D eigenvalue weighted by molar-refractivity contribution is -0.155. The van der Waals surface area contributed by atoms with Crippen LogP contribution in [0.3, 0.4) is 0 Å². The topological polar surface area (TPSA) is 37.3 Å². The van der Waals surface area contributed by atoms with Gasteiger partial charge in [-0.2, -0.15) is 0 Å². The van der Waals surface area contributed by atoms with Crippen LogP contribution in [0, 0.1) is 40.4 Å². The van der Waals surface area contributed by atoms with Crippen LogP contribution in [0.4, 0.5) is 0 Å². The van der Waals surface area contributed by atoms with Crippen LogP contribution in [0.5, 0.6) is 0 Å². The maximum atomic E-state index is 12.4. The van der Waals surface area contributed by atoms with E-state index in [1.165, 1.54) is 44.1 Å². The van der Waals surface area contributed by atoms with E-state index in [0.717, 1.165) is 56.3 Å². The zero-order valence-corrected chi connectivity index (χ0v) is 20.6. The summed E-state index contributed by atoms with van der Waals surface area (Å²) in [5.41, 5.74) is 1.58. The van der Waals surface area contributed by atoms with Crippen molar-refractivity contribution in [1.82, 2.24) is 0 Å². The van der Waals surface area contributed by atoms with Crippen molar-refractivity contribution in [1.29, 1.82) is 0 Å². The van der Waals surface area contributed by atoms with Crippen molar-refractivity contribution in [3.8, 4) is 0 Å². The second-order valence-corrected chi connectivity index (χ2v) is 12.7. The molecule has 32 heavy (non-hydrogen) atoms. The molecule has 4 aliphatic rings. The molecular weight excluding hydrogens is 392 g/mol. The Morgan fingerprint density at radius 2 is 1.69 bits per heavy atom. The van der Waals surface area contributed by atoms with E-state index in [1.807, 2.05) is 6.92 Å². The number of aryl methyl sites for hydroxylation is 1. The van der Waals surface area contributed by atoms with Crippen LogP contribution in [0.25, 0.3) is 0 Å². The monoisotopic (exact) mass is 436 g/mol. The Morgan fingerprint density at radius 1 is 0.938 bits per heavy atom. The molecule has 8 atom stereocenters. The summed E-state index contributed by atoms with van der Waals surface area (Å²) in [4.78, 5) is 12.4. The third-order valence-corrected chi connectivity index (χ3v) is 11.3. The lowest BCUT2D eigenvalue weighted by Gasteiger charge is -2.62. The summed E-state index contributed by atoms with van der Waals surface area (Å²) in [6, 6.07) is 10.7. The second-order valence-electron chi connectivity index (χ2n) is 12.7. The van der Waals surface area contributed by atoms with Crippen LogP contribution in [0.2, 0.25) is 0 Å². The summed E-state index contributed by atoms with van der Waals surface area (Å²) in [7, 11) is 0. The van der Waals surface area contributed by atoms with E-state index in [1.54, 1.807) is 0 Å². The first-order valence-corrected chi connectivity index (χ1v) is 13.5. The van der Waals surface area contributed by atoms with E-state index < -0.39 is 5.60 Å². The number of Topliss-reactive ketones (excluding diaryl/α,β-unsaturated/α-hetero) is 1. The minimum atomic E-state index is -0.456. The standard InChI is InChI=1S/C30H44O2/c1-21(31)25-13-14-26-24-12-11-23-20-30(32,16-7-10-22-8-5-4-6-9-22)19-18-28(23,2)27(24)15-17-29(25,26)3/h4-6,8-9,23-27,32H,7,10-20H2,1-3H3/t23?,24-,25+,26-,27-,28-,29+,30?/m0/s1. The molecule has 1 aromatic rings. The molecule has 5 rings (SSSR count). The molecule has 0 aliphatic heterocycles. The SMILES string of the molecule is CC(=O)[C@H]1CC[C@H]2[C@@H]3CCC4CC(O)(CCCc5ccccc5)CC[C@]4(C)[C@H]3CC[C@]12C. The molecule has 2 unspecified atom stereocenters. The summed E-state index contributed by atoms with van der Waals surface area (Å²) in [6.45, 7) is 6.87. The largest absolute Gasteiger partial charge is 0.390 e. The zero-order chi connectivity index (χ0) is 22.6. The van der Waals surface area contributed by atoms with Gasteiger partial charge < -0.3 is 5.11 Å². The van der Waals surface area contributed by atoms with Crippen molar-refractivity contribution in [2.45, 2.75) is 103 Å². The fourth-order valence-corrected chi connectivity index (χ4v) is 9.48. The Balaban J connectivity index is 1.25. The number of fused-ring (bicyclic) bond motifs is 5. The maximum Gasteiger partial charge on any atom is 0.133 e. The van der Waals surface area contributed by atoms with E-state index in [2.05, 4.69) is 44.2 Å². The molecule has 2 heteroatoms. The van der Waals surface area contributed by atoms with Gasteiger partial charge in [-0.3, -0.25) is 4.79 Å². The minimum Gasteiger partial charge on any atom is -0.390 e. The molecule has 1 N–H and O–H groups in total. The van der Waals surface area contributed by atoms with E-state index in [9.17, 15) is 9.90 Å². The highest BCUT2D eigenvalue weighted by atomic mass is 16.3. The van der Waals surface area contributed by atoms with E-state index in [4.69, 9.17) is 0 Å². The molecule has 0 radical (unpaired) electrons. The predicted octanol–water partition coefficient (Wildman–Crippen LogP) is 6.99. The smallest absolute Gasteiger partial charge is 0.133 e. The molecule has 4 aliphatic carbocycles. The first-order chi connectivity index (χ1) is 15.3. The molecule has 4 saturated carbocycles. The Bertz CT molecular complexity index is 832. The van der Waals surface area contributed by atoms with E-state index >= 15 is 0 Å². The molecular formula is C30H44O2. The van der Waals surface area contributed by atoms with Gasteiger partial charge in [-0.15, -0.1) is 0 Å². The van der Waals surface area contributed by atoms with E-state index in [-0.39, 0.29) is 5.41 Å². The number of hydrogen-bond donors (Lipinski definition) is 1. The molecule has 0 aromatic heterocycles. The van der Waals surface area contributed by atoms with Gasteiger partial charge in [0.15, 0.2) is 0 Å². The fourth-order valence-electron chi connectivity index (χ4n) is 9.48. The van der Waals surface area contributed by atoms with Gasteiger partial charge in [0.05, 0.1) is 5.60 Å². The normalized spacial score (nSPS) is 45.6. The summed E-state index contributed by atoms with van der Waals surface area (Å²) in [6.07, 6.45) is 13.9. The fraction of sp³-hybridized carbons (Fsp3) is 0.767. The molecule has 0 heterocycles. The zero-order valence-electron chi connectivity index (χ0n) is 20.6. The van der Waals surface area contributed by atoms with Gasteiger partial charge in [-0.1, -0.05) is 44.2 Å². The molecule has 0 saturated heterocycles. The highest BCUT2D eigenvalue weighted by Gasteiger charge is 2.61. The van der Waals surface area contributed by atoms with Gasteiger partial charge >= 0.3 is 0 Å². The number of ketones is 1. The third kappa shape index (κ3) is 3.69. The predicted molar refractivity (Wildman–Crippen MR) is 130 cm³/mol. The van der Waals surface area contributed by atoms with Crippen LogP contribution in [-0.4, -0.2) is 16.5 Å². The summed E-state index contributed by atoms with van der Waals surface area (Å²) in [5.74, 6) is 3.78. The summed E-state index contributed by atoms with van der Waals surface area (Å²) < 4.78 is 0. The van der Waals surface area contributed by atoms with Crippen molar-refractivity contribution < 1.29 is 9.90 Å². The second kappa shape index (κ2) is 8.26.